The summed E-state index contributed by atoms with van der Waals surface area (Å²) in [5.41, 5.74) is 2.89. The molecule has 0 bridgehead atoms. The van der Waals surface area contributed by atoms with Gasteiger partial charge in [-0.15, -0.1) is 0 Å². The number of hydrogen-bond donors (Lipinski definition) is 0. The SMILES string of the molecule is CC(C)c1nn(CCc2ccccc2)c(=O)c2c1cnn2-c1ccc(F)cc1. The number of aromatic nitrogens is 4. The van der Waals surface area contributed by atoms with E-state index in [4.69, 9.17) is 0 Å². The van der Waals surface area contributed by atoms with E-state index in [2.05, 4.69) is 10.2 Å². The van der Waals surface area contributed by atoms with E-state index < -0.39 is 0 Å². The Morgan fingerprint density at radius 3 is 2.43 bits per heavy atom. The van der Waals surface area contributed by atoms with Crippen LogP contribution in [0, 0.1) is 5.82 Å². The molecule has 0 saturated heterocycles. The maximum atomic E-state index is 13.3. The Hall–Kier alpha value is -3.28. The number of aryl methyl sites for hydroxylation is 2. The molecule has 0 N–H and O–H groups in total. The van der Waals surface area contributed by atoms with Crippen molar-refractivity contribution in [2.75, 3.05) is 0 Å². The molecule has 4 aromatic rings. The molecule has 0 saturated carbocycles. The zero-order valence-corrected chi connectivity index (χ0v) is 15.8. The largest absolute Gasteiger partial charge is 0.293 e. The summed E-state index contributed by atoms with van der Waals surface area (Å²) in [7, 11) is 0. The van der Waals surface area contributed by atoms with Crippen LogP contribution in [0.2, 0.25) is 0 Å². The van der Waals surface area contributed by atoms with E-state index in [1.165, 1.54) is 16.8 Å². The Morgan fingerprint density at radius 2 is 1.75 bits per heavy atom. The zero-order chi connectivity index (χ0) is 19.7. The fraction of sp³-hybridized carbons (Fsp3) is 0.227. The van der Waals surface area contributed by atoms with Crippen molar-refractivity contribution in [3.63, 3.8) is 0 Å². The third kappa shape index (κ3) is 3.33. The van der Waals surface area contributed by atoms with Gasteiger partial charge in [0.15, 0.2) is 0 Å². The molecular formula is C22H21FN4O. The van der Waals surface area contributed by atoms with Gasteiger partial charge in [-0.1, -0.05) is 44.2 Å². The van der Waals surface area contributed by atoms with E-state index in [0.29, 0.717) is 24.2 Å². The van der Waals surface area contributed by atoms with Crippen LogP contribution in [0.4, 0.5) is 4.39 Å². The average molecular weight is 376 g/mol. The van der Waals surface area contributed by atoms with Crippen molar-refractivity contribution >= 4 is 10.9 Å². The van der Waals surface area contributed by atoms with E-state index in [0.717, 1.165) is 16.6 Å². The number of nitrogens with zero attached hydrogens (tertiary/aromatic N) is 4. The molecule has 0 radical (unpaired) electrons. The van der Waals surface area contributed by atoms with E-state index in [1.54, 1.807) is 23.0 Å². The second-order valence-corrected chi connectivity index (χ2v) is 7.10. The first-order chi connectivity index (χ1) is 13.5. The number of benzene rings is 2. The quantitative estimate of drug-likeness (QED) is 0.527. The third-order valence-corrected chi connectivity index (χ3v) is 4.78. The van der Waals surface area contributed by atoms with Crippen molar-refractivity contribution in [2.24, 2.45) is 0 Å². The molecule has 0 aliphatic carbocycles. The highest BCUT2D eigenvalue weighted by Crippen LogP contribution is 2.23. The lowest BCUT2D eigenvalue weighted by molar-refractivity contribution is 0.562. The molecule has 5 nitrogen and oxygen atoms in total. The lowest BCUT2D eigenvalue weighted by Crippen LogP contribution is -2.27. The summed E-state index contributed by atoms with van der Waals surface area (Å²) in [5.74, 6) is -0.193. The van der Waals surface area contributed by atoms with Gasteiger partial charge in [-0.25, -0.2) is 13.8 Å². The fourth-order valence-corrected chi connectivity index (χ4v) is 3.33. The van der Waals surface area contributed by atoms with Crippen LogP contribution < -0.4 is 5.56 Å². The van der Waals surface area contributed by atoms with Crippen LogP contribution in [0.15, 0.2) is 65.6 Å². The van der Waals surface area contributed by atoms with Crippen LogP contribution in [-0.2, 0) is 13.0 Å². The molecule has 2 aromatic heterocycles. The summed E-state index contributed by atoms with van der Waals surface area (Å²) in [6.07, 6.45) is 2.38. The van der Waals surface area contributed by atoms with Gasteiger partial charge in [0.05, 0.1) is 17.6 Å². The van der Waals surface area contributed by atoms with E-state index >= 15 is 0 Å². The first-order valence-electron chi connectivity index (χ1n) is 9.33. The molecule has 142 valence electrons. The van der Waals surface area contributed by atoms with Gasteiger partial charge in [0.2, 0.25) is 0 Å². The van der Waals surface area contributed by atoms with Crippen molar-refractivity contribution in [2.45, 2.75) is 32.7 Å². The molecule has 0 spiro atoms. The van der Waals surface area contributed by atoms with Crippen LogP contribution in [0.25, 0.3) is 16.6 Å². The Morgan fingerprint density at radius 1 is 1.04 bits per heavy atom. The molecule has 2 aromatic carbocycles. The molecule has 0 aliphatic rings. The van der Waals surface area contributed by atoms with Gasteiger partial charge >= 0.3 is 0 Å². The van der Waals surface area contributed by atoms with Crippen molar-refractivity contribution in [1.82, 2.24) is 19.6 Å². The maximum Gasteiger partial charge on any atom is 0.293 e. The molecule has 2 heterocycles. The summed E-state index contributed by atoms with van der Waals surface area (Å²) in [6, 6.07) is 16.0. The summed E-state index contributed by atoms with van der Waals surface area (Å²) in [5, 5.41) is 9.76. The second-order valence-electron chi connectivity index (χ2n) is 7.10. The van der Waals surface area contributed by atoms with Crippen LogP contribution in [0.3, 0.4) is 0 Å². The van der Waals surface area contributed by atoms with Crippen molar-refractivity contribution in [3.8, 4) is 5.69 Å². The molecule has 4 rings (SSSR count). The monoisotopic (exact) mass is 376 g/mol. The van der Waals surface area contributed by atoms with E-state index in [1.807, 2.05) is 44.2 Å². The van der Waals surface area contributed by atoms with Crippen LogP contribution in [-0.4, -0.2) is 19.6 Å². The Balaban J connectivity index is 1.84. The van der Waals surface area contributed by atoms with Crippen LogP contribution in [0.1, 0.15) is 31.0 Å². The predicted octanol–water partition coefficient (Wildman–Crippen LogP) is 4.09. The number of hydrogen-bond acceptors (Lipinski definition) is 3. The maximum absolute atomic E-state index is 13.3. The number of fused-ring (bicyclic) bond motifs is 1. The Bertz CT molecular complexity index is 1160. The molecule has 0 fully saturated rings. The lowest BCUT2D eigenvalue weighted by atomic mass is 10.1. The van der Waals surface area contributed by atoms with Gasteiger partial charge < -0.3 is 0 Å². The second kappa shape index (κ2) is 7.38. The highest BCUT2D eigenvalue weighted by molar-refractivity contribution is 5.82. The number of rotatable bonds is 5. The smallest absolute Gasteiger partial charge is 0.265 e. The molecule has 0 unspecified atom stereocenters. The molecule has 28 heavy (non-hydrogen) atoms. The van der Waals surface area contributed by atoms with Gasteiger partial charge in [-0.05, 0) is 42.2 Å². The van der Waals surface area contributed by atoms with Crippen molar-refractivity contribution in [1.29, 1.82) is 0 Å². The van der Waals surface area contributed by atoms with Gasteiger partial charge in [0, 0.05) is 11.9 Å². The third-order valence-electron chi connectivity index (χ3n) is 4.78. The molecule has 0 atom stereocenters. The minimum atomic E-state index is -0.329. The minimum Gasteiger partial charge on any atom is -0.265 e. The van der Waals surface area contributed by atoms with Crippen LogP contribution in [0.5, 0.6) is 0 Å². The lowest BCUT2D eigenvalue weighted by Gasteiger charge is -2.12. The first-order valence-corrected chi connectivity index (χ1v) is 9.33. The minimum absolute atomic E-state index is 0.136. The number of halogens is 1. The Labute approximate surface area is 162 Å². The summed E-state index contributed by atoms with van der Waals surface area (Å²) in [4.78, 5) is 13.2. The van der Waals surface area contributed by atoms with E-state index in [9.17, 15) is 9.18 Å². The topological polar surface area (TPSA) is 52.7 Å². The molecule has 0 aliphatic heterocycles. The highest BCUT2D eigenvalue weighted by Gasteiger charge is 2.18. The van der Waals surface area contributed by atoms with Crippen LogP contribution >= 0.6 is 0 Å². The normalized spacial score (nSPS) is 11.4. The van der Waals surface area contributed by atoms with Crippen molar-refractivity contribution in [3.05, 3.63) is 88.2 Å². The van der Waals surface area contributed by atoms with Gasteiger partial charge in [-0.3, -0.25) is 4.79 Å². The van der Waals surface area contributed by atoms with Crippen molar-refractivity contribution < 1.29 is 4.39 Å². The predicted molar refractivity (Wildman–Crippen MR) is 107 cm³/mol. The van der Waals surface area contributed by atoms with E-state index in [-0.39, 0.29) is 17.3 Å². The van der Waals surface area contributed by atoms with Gasteiger partial charge in [-0.2, -0.15) is 10.2 Å². The highest BCUT2D eigenvalue weighted by atomic mass is 19.1. The summed E-state index contributed by atoms with van der Waals surface area (Å²) < 4.78 is 16.4. The summed E-state index contributed by atoms with van der Waals surface area (Å²) >= 11 is 0. The molecule has 6 heteroatoms. The van der Waals surface area contributed by atoms with Gasteiger partial charge in [0.25, 0.3) is 5.56 Å². The summed E-state index contributed by atoms with van der Waals surface area (Å²) in [6.45, 7) is 4.57. The Kier molecular flexibility index (Phi) is 4.77. The average Bonchev–Trinajstić information content (AvgIpc) is 3.14. The fourth-order valence-electron chi connectivity index (χ4n) is 3.33. The standard InChI is InChI=1S/C22H21FN4O/c1-15(2)20-19-14-24-27(18-10-8-17(23)9-11-18)21(19)22(28)26(25-20)13-12-16-6-4-3-5-7-16/h3-11,14-15H,12-13H2,1-2H3. The molecular weight excluding hydrogens is 355 g/mol. The first kappa shape index (κ1) is 18.1. The zero-order valence-electron chi connectivity index (χ0n) is 15.8. The van der Waals surface area contributed by atoms with Gasteiger partial charge in [0.1, 0.15) is 11.3 Å². The molecule has 0 amide bonds.